The van der Waals surface area contributed by atoms with Crippen LogP contribution in [0.2, 0.25) is 0 Å². The lowest BCUT2D eigenvalue weighted by Crippen LogP contribution is -2.15. The number of thiophene rings is 1. The monoisotopic (exact) mass is 797 g/mol. The number of hydrogen-bond donors (Lipinski definition) is 0. The molecular formula is C57H39N3S. The summed E-state index contributed by atoms with van der Waals surface area (Å²) in [7, 11) is 0. The summed E-state index contributed by atoms with van der Waals surface area (Å²) in [5.74, 6) is 0. The highest BCUT2D eigenvalue weighted by Gasteiger charge is 2.35. The molecule has 3 aromatic heterocycles. The predicted molar refractivity (Wildman–Crippen MR) is 260 cm³/mol. The molecule has 288 valence electrons. The first-order chi connectivity index (χ1) is 30.0. The van der Waals surface area contributed by atoms with Crippen molar-refractivity contribution in [2.45, 2.75) is 19.3 Å². The Bertz CT molecular complexity index is 3850. The average Bonchev–Trinajstić information content (AvgIpc) is 3.92. The van der Waals surface area contributed by atoms with E-state index in [9.17, 15) is 0 Å². The molecule has 9 aromatic carbocycles. The molecule has 0 radical (unpaired) electrons. The van der Waals surface area contributed by atoms with Gasteiger partial charge in [0, 0.05) is 69.8 Å². The van der Waals surface area contributed by atoms with Crippen molar-refractivity contribution in [1.82, 2.24) is 13.7 Å². The van der Waals surface area contributed by atoms with Crippen LogP contribution in [0, 0.1) is 0 Å². The molecule has 0 amide bonds. The van der Waals surface area contributed by atoms with Crippen LogP contribution in [0.15, 0.2) is 200 Å². The second kappa shape index (κ2) is 12.8. The van der Waals surface area contributed by atoms with Crippen molar-refractivity contribution in [2.24, 2.45) is 0 Å². The zero-order valence-electron chi connectivity index (χ0n) is 33.8. The van der Waals surface area contributed by atoms with Gasteiger partial charge in [-0.25, -0.2) is 0 Å². The molecule has 0 saturated heterocycles. The number of hydrogen-bond acceptors (Lipinski definition) is 1. The largest absolute Gasteiger partial charge is 0.310 e. The van der Waals surface area contributed by atoms with Gasteiger partial charge in [-0.2, -0.15) is 0 Å². The molecule has 0 atom stereocenters. The van der Waals surface area contributed by atoms with Crippen molar-refractivity contribution < 1.29 is 0 Å². The zero-order valence-corrected chi connectivity index (χ0v) is 34.6. The van der Waals surface area contributed by atoms with Crippen molar-refractivity contribution in [2.75, 3.05) is 0 Å². The number of benzene rings is 9. The van der Waals surface area contributed by atoms with Crippen LogP contribution in [-0.4, -0.2) is 13.7 Å². The molecule has 3 heterocycles. The Kier molecular flexibility index (Phi) is 7.23. The van der Waals surface area contributed by atoms with E-state index in [1.165, 1.54) is 75.0 Å². The first kappa shape index (κ1) is 34.5. The van der Waals surface area contributed by atoms with Crippen LogP contribution in [0.3, 0.4) is 0 Å². The number of rotatable bonds is 3. The van der Waals surface area contributed by atoms with Crippen LogP contribution in [-0.2, 0) is 5.41 Å². The van der Waals surface area contributed by atoms with E-state index in [0.29, 0.717) is 0 Å². The molecule has 0 N–H and O–H groups in total. The van der Waals surface area contributed by atoms with Gasteiger partial charge in [0.25, 0.3) is 0 Å². The van der Waals surface area contributed by atoms with E-state index in [-0.39, 0.29) is 5.41 Å². The molecule has 13 rings (SSSR count). The Balaban J connectivity index is 1.15. The van der Waals surface area contributed by atoms with E-state index >= 15 is 0 Å². The maximum Gasteiger partial charge on any atom is 0.0562 e. The van der Waals surface area contributed by atoms with Crippen molar-refractivity contribution in [3.8, 4) is 28.2 Å². The lowest BCUT2D eigenvalue weighted by molar-refractivity contribution is 0.660. The fourth-order valence-electron chi connectivity index (χ4n) is 10.4. The highest BCUT2D eigenvalue weighted by molar-refractivity contribution is 7.25. The van der Waals surface area contributed by atoms with Crippen LogP contribution in [0.5, 0.6) is 0 Å². The normalized spacial score (nSPS) is 13.2. The number of aromatic nitrogens is 3. The summed E-state index contributed by atoms with van der Waals surface area (Å²) in [4.78, 5) is 0. The van der Waals surface area contributed by atoms with E-state index in [4.69, 9.17) is 0 Å². The van der Waals surface area contributed by atoms with Gasteiger partial charge in [0.1, 0.15) is 0 Å². The number of para-hydroxylation sites is 2. The smallest absolute Gasteiger partial charge is 0.0562 e. The van der Waals surface area contributed by atoms with Crippen LogP contribution in [0.1, 0.15) is 25.0 Å². The Labute approximate surface area is 356 Å². The molecule has 0 saturated carbocycles. The molecule has 0 aliphatic heterocycles. The minimum absolute atomic E-state index is 0.108. The molecule has 12 aromatic rings. The van der Waals surface area contributed by atoms with E-state index in [1.54, 1.807) is 0 Å². The fraction of sp³-hybridized carbons (Fsp3) is 0.0526. The van der Waals surface area contributed by atoms with E-state index in [0.717, 1.165) is 39.1 Å². The Morgan fingerprint density at radius 1 is 0.377 bits per heavy atom. The number of nitrogens with zero attached hydrogens (tertiary/aromatic N) is 3. The van der Waals surface area contributed by atoms with Crippen molar-refractivity contribution >= 4 is 86.2 Å². The highest BCUT2D eigenvalue weighted by Crippen LogP contribution is 2.49. The van der Waals surface area contributed by atoms with Gasteiger partial charge in [-0.05, 0) is 136 Å². The first-order valence-corrected chi connectivity index (χ1v) is 21.9. The molecule has 8 bridgehead atoms. The van der Waals surface area contributed by atoms with Crippen LogP contribution in [0.4, 0.5) is 0 Å². The topological polar surface area (TPSA) is 14.8 Å². The van der Waals surface area contributed by atoms with E-state index < -0.39 is 0 Å². The lowest BCUT2D eigenvalue weighted by Gasteiger charge is -2.22. The molecule has 0 spiro atoms. The second-order valence-electron chi connectivity index (χ2n) is 17.0. The van der Waals surface area contributed by atoms with Gasteiger partial charge in [0.2, 0.25) is 0 Å². The summed E-state index contributed by atoms with van der Waals surface area (Å²) in [6, 6.07) is 74.6. The molecule has 3 nitrogen and oxygen atoms in total. The molecule has 1 aliphatic carbocycles. The van der Waals surface area contributed by atoms with Gasteiger partial charge in [0.05, 0.1) is 16.7 Å². The van der Waals surface area contributed by atoms with Gasteiger partial charge in [-0.15, -0.1) is 11.3 Å². The summed E-state index contributed by atoms with van der Waals surface area (Å²) >= 11 is 1.87. The molecule has 61 heavy (non-hydrogen) atoms. The maximum atomic E-state index is 2.48. The van der Waals surface area contributed by atoms with Crippen LogP contribution >= 0.6 is 11.3 Å². The van der Waals surface area contributed by atoms with Gasteiger partial charge in [-0.3, -0.25) is 0 Å². The molecule has 4 heteroatoms. The highest BCUT2D eigenvalue weighted by atomic mass is 32.1. The Morgan fingerprint density at radius 2 is 0.984 bits per heavy atom. The first-order valence-electron chi connectivity index (χ1n) is 21.1. The fourth-order valence-corrected chi connectivity index (χ4v) is 11.5. The van der Waals surface area contributed by atoms with Gasteiger partial charge < -0.3 is 13.7 Å². The second-order valence-corrected chi connectivity index (χ2v) is 18.1. The lowest BCUT2D eigenvalue weighted by atomic mass is 9.82. The predicted octanol–water partition coefficient (Wildman–Crippen LogP) is 15.6. The van der Waals surface area contributed by atoms with Gasteiger partial charge >= 0.3 is 0 Å². The minimum atomic E-state index is -0.108. The van der Waals surface area contributed by atoms with Crippen molar-refractivity contribution in [3.63, 3.8) is 0 Å². The van der Waals surface area contributed by atoms with E-state index in [2.05, 4.69) is 228 Å². The minimum Gasteiger partial charge on any atom is -0.310 e. The molecular weight excluding hydrogens is 759 g/mol. The van der Waals surface area contributed by atoms with Crippen LogP contribution in [0.25, 0.3) is 103 Å². The number of fused-ring (bicyclic) bond motifs is 13. The Hall–Kier alpha value is -7.40. The van der Waals surface area contributed by atoms with Gasteiger partial charge in [0.15, 0.2) is 0 Å². The zero-order chi connectivity index (χ0) is 40.4. The third-order valence-corrected chi connectivity index (χ3v) is 14.4. The summed E-state index contributed by atoms with van der Waals surface area (Å²) in [5, 5.41) is 7.31. The van der Waals surface area contributed by atoms with Crippen LogP contribution < -0.4 is 0 Å². The summed E-state index contributed by atoms with van der Waals surface area (Å²) in [5.41, 5.74) is 15.6. The third-order valence-electron chi connectivity index (χ3n) is 13.3. The van der Waals surface area contributed by atoms with E-state index in [1.807, 2.05) is 11.3 Å². The summed E-state index contributed by atoms with van der Waals surface area (Å²) in [6.45, 7) is 4.73. The average molecular weight is 798 g/mol. The Morgan fingerprint density at radius 3 is 1.75 bits per heavy atom. The van der Waals surface area contributed by atoms with Crippen molar-refractivity contribution in [1.29, 1.82) is 0 Å². The van der Waals surface area contributed by atoms with Gasteiger partial charge in [-0.1, -0.05) is 111 Å². The van der Waals surface area contributed by atoms with Crippen molar-refractivity contribution in [3.05, 3.63) is 211 Å². The quantitative estimate of drug-likeness (QED) is 0.169. The summed E-state index contributed by atoms with van der Waals surface area (Å²) < 4.78 is 9.90. The molecule has 0 unspecified atom stereocenters. The standard InChI is InChI=1S/C57H39N3S/c1-57(2)49-21-8-6-19-44(49)45-28-25-43(35-50(45)57)58-39-17-10-13-36(31-39)37-14-11-18-40(32-37)59(42-27-30-55-48(34-42)47-33-41(58)26-29-54(47)61-55)52-23-12-24-53-56(52)46-20-7-9-22-51(46)60(53)38-15-4-3-5-16-38/h3-35H,1-2H3. The third kappa shape index (κ3) is 5.03. The maximum absolute atomic E-state index is 2.48. The SMILES string of the molecule is CC1(C)c2ccccc2-c2ccc(-n3c4cccc(c4)c4cccc(c4)n(-c4cccc5c4c4ccccc4n5-c4ccccc4)c4ccc5sc6ccc3cc6c5c4)cc21. The summed E-state index contributed by atoms with van der Waals surface area (Å²) in [6.07, 6.45) is 0. The molecule has 1 aliphatic rings. The molecule has 0 fully saturated rings.